The maximum atomic E-state index is 12.8. The van der Waals surface area contributed by atoms with Crippen LogP contribution in [0.15, 0.2) is 48.5 Å². The molecule has 0 aromatic heterocycles. The second-order valence-electron chi connectivity index (χ2n) is 6.17. The zero-order chi connectivity index (χ0) is 17.8. The molecule has 2 aromatic carbocycles. The average Bonchev–Trinajstić information content (AvgIpc) is 3.11. The third-order valence-corrected chi connectivity index (χ3v) is 4.74. The van der Waals surface area contributed by atoms with Gasteiger partial charge < -0.3 is 10.1 Å². The van der Waals surface area contributed by atoms with Crippen molar-refractivity contribution in [3.63, 3.8) is 0 Å². The fraction of sp³-hybridized carbons (Fsp3) is 0.316. The first-order valence-corrected chi connectivity index (χ1v) is 8.64. The second-order valence-corrected chi connectivity index (χ2v) is 6.60. The summed E-state index contributed by atoms with van der Waals surface area (Å²) >= 11 is 6.08. The molecule has 0 bridgehead atoms. The van der Waals surface area contributed by atoms with E-state index in [0.29, 0.717) is 11.6 Å². The molecule has 1 aliphatic heterocycles. The highest BCUT2D eigenvalue weighted by molar-refractivity contribution is 6.30. The first kappa shape index (κ1) is 17.7. The Labute approximate surface area is 152 Å². The van der Waals surface area contributed by atoms with Crippen molar-refractivity contribution < 1.29 is 9.53 Å². The number of nitrogens with one attached hydrogen (secondary N) is 3. The van der Waals surface area contributed by atoms with Crippen LogP contribution in [-0.2, 0) is 4.79 Å². The fourth-order valence-electron chi connectivity index (χ4n) is 3.05. The zero-order valence-electron chi connectivity index (χ0n) is 14.3. The zero-order valence-corrected chi connectivity index (χ0v) is 15.0. The van der Waals surface area contributed by atoms with Gasteiger partial charge in [-0.15, -0.1) is 0 Å². The van der Waals surface area contributed by atoms with Crippen LogP contribution in [0.1, 0.15) is 30.1 Å². The van der Waals surface area contributed by atoms with Crippen LogP contribution in [0.2, 0.25) is 5.02 Å². The molecular weight excluding hydrogens is 338 g/mol. The Hall–Kier alpha value is -2.08. The lowest BCUT2D eigenvalue weighted by molar-refractivity contribution is -0.125. The van der Waals surface area contributed by atoms with Gasteiger partial charge in [-0.25, -0.2) is 5.43 Å². The Morgan fingerprint density at radius 3 is 2.72 bits per heavy atom. The molecule has 1 fully saturated rings. The van der Waals surface area contributed by atoms with Gasteiger partial charge in [-0.1, -0.05) is 35.9 Å². The van der Waals surface area contributed by atoms with Gasteiger partial charge in [-0.3, -0.25) is 10.2 Å². The van der Waals surface area contributed by atoms with Crippen LogP contribution in [0, 0.1) is 5.92 Å². The van der Waals surface area contributed by atoms with Crippen LogP contribution in [0.3, 0.4) is 0 Å². The molecule has 6 heteroatoms. The number of hydrogen-bond acceptors (Lipinski definition) is 4. The van der Waals surface area contributed by atoms with E-state index in [1.807, 2.05) is 55.5 Å². The highest BCUT2D eigenvalue weighted by Gasteiger charge is 2.34. The third-order valence-electron chi connectivity index (χ3n) is 4.50. The monoisotopic (exact) mass is 359 g/mol. The predicted octanol–water partition coefficient (Wildman–Crippen LogP) is 2.99. The quantitative estimate of drug-likeness (QED) is 0.768. The van der Waals surface area contributed by atoms with Crippen molar-refractivity contribution in [1.29, 1.82) is 0 Å². The number of rotatable bonds is 5. The maximum absolute atomic E-state index is 12.8. The van der Waals surface area contributed by atoms with Gasteiger partial charge in [-0.2, -0.15) is 0 Å². The number of ether oxygens (including phenoxy) is 1. The first-order valence-electron chi connectivity index (χ1n) is 8.26. The molecule has 3 N–H and O–H groups in total. The number of hydrogen-bond donors (Lipinski definition) is 3. The van der Waals surface area contributed by atoms with Gasteiger partial charge in [0.15, 0.2) is 0 Å². The summed E-state index contributed by atoms with van der Waals surface area (Å²) in [4.78, 5) is 12.8. The number of amides is 1. The molecule has 3 atom stereocenters. The number of benzene rings is 2. The predicted molar refractivity (Wildman–Crippen MR) is 98.4 cm³/mol. The first-order chi connectivity index (χ1) is 12.1. The molecule has 3 unspecified atom stereocenters. The summed E-state index contributed by atoms with van der Waals surface area (Å²) in [5, 5.41) is 3.76. The Kier molecular flexibility index (Phi) is 5.58. The highest BCUT2D eigenvalue weighted by atomic mass is 35.5. The maximum Gasteiger partial charge on any atom is 0.226 e. The molecule has 0 aliphatic carbocycles. The van der Waals surface area contributed by atoms with E-state index < -0.39 is 0 Å². The van der Waals surface area contributed by atoms with Crippen molar-refractivity contribution in [2.24, 2.45) is 5.92 Å². The largest absolute Gasteiger partial charge is 0.497 e. The molecule has 132 valence electrons. The number of carbonyl (C=O) groups excluding carboxylic acids is 1. The number of hydrazine groups is 1. The lowest BCUT2D eigenvalue weighted by Crippen LogP contribution is -2.36. The number of methoxy groups -OCH3 is 1. The van der Waals surface area contributed by atoms with Crippen LogP contribution in [0.5, 0.6) is 5.75 Å². The van der Waals surface area contributed by atoms with Crippen LogP contribution >= 0.6 is 11.6 Å². The van der Waals surface area contributed by atoms with Crippen molar-refractivity contribution in [1.82, 2.24) is 16.2 Å². The number of carbonyl (C=O) groups is 1. The summed E-state index contributed by atoms with van der Waals surface area (Å²) < 4.78 is 5.17. The van der Waals surface area contributed by atoms with Crippen molar-refractivity contribution in [2.75, 3.05) is 13.7 Å². The minimum atomic E-state index is -0.209. The summed E-state index contributed by atoms with van der Waals surface area (Å²) in [5.41, 5.74) is 8.28. The van der Waals surface area contributed by atoms with Gasteiger partial charge in [0.2, 0.25) is 5.91 Å². The van der Waals surface area contributed by atoms with E-state index in [2.05, 4.69) is 16.2 Å². The smallest absolute Gasteiger partial charge is 0.226 e. The van der Waals surface area contributed by atoms with Crippen LogP contribution in [0.4, 0.5) is 0 Å². The molecule has 1 aliphatic rings. The highest BCUT2D eigenvalue weighted by Crippen LogP contribution is 2.28. The molecule has 1 amide bonds. The van der Waals surface area contributed by atoms with Crippen molar-refractivity contribution in [2.45, 2.75) is 19.0 Å². The Bertz CT molecular complexity index is 736. The normalized spacial score (nSPS) is 20.9. The van der Waals surface area contributed by atoms with Crippen molar-refractivity contribution in [3.8, 4) is 5.75 Å². The van der Waals surface area contributed by atoms with Gasteiger partial charge in [-0.05, 0) is 42.3 Å². The van der Waals surface area contributed by atoms with E-state index in [0.717, 1.165) is 16.9 Å². The molecule has 0 radical (unpaired) electrons. The summed E-state index contributed by atoms with van der Waals surface area (Å²) in [5.74, 6) is 0.595. The topological polar surface area (TPSA) is 62.4 Å². The lowest BCUT2D eigenvalue weighted by Gasteiger charge is -2.21. The minimum absolute atomic E-state index is 0.00536. The molecule has 5 nitrogen and oxygen atoms in total. The molecule has 2 aromatic rings. The minimum Gasteiger partial charge on any atom is -0.497 e. The molecule has 3 rings (SSSR count). The van der Waals surface area contributed by atoms with E-state index in [4.69, 9.17) is 16.3 Å². The van der Waals surface area contributed by atoms with E-state index in [1.54, 1.807) is 7.11 Å². The molecule has 25 heavy (non-hydrogen) atoms. The van der Waals surface area contributed by atoms with Gasteiger partial charge >= 0.3 is 0 Å². The van der Waals surface area contributed by atoms with Crippen LogP contribution < -0.4 is 20.9 Å². The molecule has 0 spiro atoms. The van der Waals surface area contributed by atoms with Gasteiger partial charge in [0.25, 0.3) is 0 Å². The van der Waals surface area contributed by atoms with Gasteiger partial charge in [0, 0.05) is 11.6 Å². The van der Waals surface area contributed by atoms with Crippen LogP contribution in [0.25, 0.3) is 0 Å². The SMILES string of the molecule is COc1ccc(C(C)NC(=O)C2CNNC2c2cccc(Cl)c2)cc1. The molecule has 1 heterocycles. The summed E-state index contributed by atoms with van der Waals surface area (Å²) in [6, 6.07) is 15.1. The molecular formula is C19H22ClN3O2. The van der Waals surface area contributed by atoms with Crippen molar-refractivity contribution >= 4 is 17.5 Å². The second kappa shape index (κ2) is 7.87. The van der Waals surface area contributed by atoms with E-state index in [9.17, 15) is 4.79 Å². The summed E-state index contributed by atoms with van der Waals surface area (Å²) in [7, 11) is 1.64. The van der Waals surface area contributed by atoms with E-state index >= 15 is 0 Å². The summed E-state index contributed by atoms with van der Waals surface area (Å²) in [6.07, 6.45) is 0. The molecule has 0 saturated carbocycles. The van der Waals surface area contributed by atoms with Crippen molar-refractivity contribution in [3.05, 3.63) is 64.7 Å². The third kappa shape index (κ3) is 4.12. The lowest BCUT2D eigenvalue weighted by atomic mass is 9.93. The fourth-order valence-corrected chi connectivity index (χ4v) is 3.25. The van der Waals surface area contributed by atoms with E-state index in [-0.39, 0.29) is 23.9 Å². The Morgan fingerprint density at radius 1 is 1.28 bits per heavy atom. The summed E-state index contributed by atoms with van der Waals surface area (Å²) in [6.45, 7) is 2.54. The Morgan fingerprint density at radius 2 is 2.04 bits per heavy atom. The standard InChI is InChI=1S/C19H22ClN3O2/c1-12(13-6-8-16(25-2)9-7-13)22-19(24)17-11-21-23-18(17)14-4-3-5-15(20)10-14/h3-10,12,17-18,21,23H,11H2,1-2H3,(H,22,24). The molecule has 1 saturated heterocycles. The van der Waals surface area contributed by atoms with Crippen LogP contribution in [-0.4, -0.2) is 19.6 Å². The number of halogens is 1. The van der Waals surface area contributed by atoms with E-state index in [1.165, 1.54) is 0 Å². The Balaban J connectivity index is 1.68. The van der Waals surface area contributed by atoms with Gasteiger partial charge in [0.1, 0.15) is 5.75 Å². The van der Waals surface area contributed by atoms with Gasteiger partial charge in [0.05, 0.1) is 25.1 Å². The average molecular weight is 360 g/mol.